The molecular weight excluding hydrogens is 288 g/mol. The minimum absolute atomic E-state index is 0.0253. The number of carbonyl (C=O) groups excluding carboxylic acids is 1. The number of para-hydroxylation sites is 2. The van der Waals surface area contributed by atoms with Gasteiger partial charge in [0, 0.05) is 12.8 Å². The molecule has 0 atom stereocenters. The molecule has 0 aromatic heterocycles. The van der Waals surface area contributed by atoms with Crippen molar-refractivity contribution in [3.63, 3.8) is 0 Å². The molecule has 3 heteroatoms. The van der Waals surface area contributed by atoms with E-state index in [0.29, 0.717) is 18.4 Å². The maximum atomic E-state index is 11.7. The van der Waals surface area contributed by atoms with Gasteiger partial charge in [0.25, 0.3) is 0 Å². The topological polar surface area (TPSA) is 57.5 Å². The summed E-state index contributed by atoms with van der Waals surface area (Å²) >= 11 is 0. The molecule has 0 fully saturated rings. The average molecular weight is 310 g/mol. The highest BCUT2D eigenvalue weighted by Gasteiger charge is 2.12. The minimum Gasteiger partial charge on any atom is -0.508 e. The molecule has 23 heavy (non-hydrogen) atoms. The van der Waals surface area contributed by atoms with Gasteiger partial charge in [-0.05, 0) is 41.7 Å². The minimum atomic E-state index is 0.0253. The van der Waals surface area contributed by atoms with Gasteiger partial charge in [-0.3, -0.25) is 4.79 Å². The lowest BCUT2D eigenvalue weighted by molar-refractivity contribution is -0.113. The summed E-state index contributed by atoms with van der Waals surface area (Å²) in [6, 6.07) is 12.6. The second kappa shape index (κ2) is 7.63. The number of Topliss-reactive ketones (excluding diaryl/α,β-unsaturated/α-hetero) is 1. The van der Waals surface area contributed by atoms with E-state index in [1.165, 1.54) is 0 Å². The molecule has 2 rings (SSSR count). The summed E-state index contributed by atoms with van der Waals surface area (Å²) in [6.45, 7) is 3.53. The van der Waals surface area contributed by atoms with Crippen LogP contribution in [-0.2, 0) is 17.6 Å². The molecule has 0 aliphatic carbocycles. The van der Waals surface area contributed by atoms with Crippen molar-refractivity contribution in [1.82, 2.24) is 0 Å². The number of hydrogen-bond acceptors (Lipinski definition) is 3. The van der Waals surface area contributed by atoms with Crippen LogP contribution in [0, 0.1) is 0 Å². The molecule has 0 heterocycles. The van der Waals surface area contributed by atoms with Gasteiger partial charge in [-0.1, -0.05) is 49.4 Å². The standard InChI is InChI=1S/C20H22O3/c1-3-7-15(14(2)21)12-17-9-6-10-18(20(17)23)13-16-8-4-5-11-19(16)22/h4-11,22-23H,3,12-13H2,1-2H3/b15-7-. The van der Waals surface area contributed by atoms with Gasteiger partial charge in [0.15, 0.2) is 5.78 Å². The summed E-state index contributed by atoms with van der Waals surface area (Å²) in [5.41, 5.74) is 2.94. The SMILES string of the molecule is CC/C=C(/Cc1cccc(Cc2ccccc2O)c1O)C(C)=O. The largest absolute Gasteiger partial charge is 0.508 e. The number of carbonyl (C=O) groups is 1. The zero-order chi connectivity index (χ0) is 16.8. The third-order valence-electron chi connectivity index (χ3n) is 3.86. The van der Waals surface area contributed by atoms with E-state index < -0.39 is 0 Å². The van der Waals surface area contributed by atoms with Gasteiger partial charge in [-0.25, -0.2) is 0 Å². The number of phenols is 2. The lowest BCUT2D eigenvalue weighted by atomic mass is 9.96. The molecule has 0 saturated carbocycles. The maximum Gasteiger partial charge on any atom is 0.155 e. The first kappa shape index (κ1) is 16.8. The molecule has 2 N–H and O–H groups in total. The van der Waals surface area contributed by atoms with E-state index in [1.807, 2.05) is 43.3 Å². The number of aromatic hydroxyl groups is 2. The summed E-state index contributed by atoms with van der Waals surface area (Å²) in [6.07, 6.45) is 3.55. The van der Waals surface area contributed by atoms with Crippen molar-refractivity contribution in [1.29, 1.82) is 0 Å². The Morgan fingerprint density at radius 3 is 2.30 bits per heavy atom. The molecule has 0 amide bonds. The predicted molar refractivity (Wildman–Crippen MR) is 91.8 cm³/mol. The van der Waals surface area contributed by atoms with Crippen LogP contribution in [0.2, 0.25) is 0 Å². The normalized spacial score (nSPS) is 11.5. The van der Waals surface area contributed by atoms with Crippen molar-refractivity contribution in [2.45, 2.75) is 33.1 Å². The molecule has 2 aromatic carbocycles. The fraction of sp³-hybridized carbons (Fsp3) is 0.250. The van der Waals surface area contributed by atoms with E-state index in [-0.39, 0.29) is 17.3 Å². The fourth-order valence-corrected chi connectivity index (χ4v) is 2.59. The number of hydrogen-bond donors (Lipinski definition) is 2. The Morgan fingerprint density at radius 2 is 1.65 bits per heavy atom. The van der Waals surface area contributed by atoms with Crippen LogP contribution in [0.3, 0.4) is 0 Å². The molecule has 0 radical (unpaired) electrons. The Morgan fingerprint density at radius 1 is 1.00 bits per heavy atom. The Bertz CT molecular complexity index is 729. The highest BCUT2D eigenvalue weighted by Crippen LogP contribution is 2.29. The summed E-state index contributed by atoms with van der Waals surface area (Å²) in [5.74, 6) is 0.434. The molecule has 0 spiro atoms. The van der Waals surface area contributed by atoms with Gasteiger partial charge in [0.05, 0.1) is 0 Å². The summed E-state index contributed by atoms with van der Waals surface area (Å²) < 4.78 is 0. The first-order valence-electron chi connectivity index (χ1n) is 7.79. The average Bonchev–Trinajstić information content (AvgIpc) is 2.52. The first-order valence-corrected chi connectivity index (χ1v) is 7.79. The Hall–Kier alpha value is -2.55. The van der Waals surface area contributed by atoms with Crippen LogP contribution in [-0.4, -0.2) is 16.0 Å². The third-order valence-corrected chi connectivity index (χ3v) is 3.86. The molecule has 0 aliphatic heterocycles. The van der Waals surface area contributed by atoms with Gasteiger partial charge < -0.3 is 10.2 Å². The summed E-state index contributed by atoms with van der Waals surface area (Å²) in [4.78, 5) is 11.7. The number of phenolic OH excluding ortho intramolecular Hbond substituents is 2. The predicted octanol–water partition coefficient (Wildman–Crippen LogP) is 4.16. The van der Waals surface area contributed by atoms with Crippen molar-refractivity contribution in [2.24, 2.45) is 0 Å². The van der Waals surface area contributed by atoms with Gasteiger partial charge >= 0.3 is 0 Å². The van der Waals surface area contributed by atoms with Gasteiger partial charge in [-0.15, -0.1) is 0 Å². The van der Waals surface area contributed by atoms with Crippen molar-refractivity contribution >= 4 is 5.78 Å². The molecule has 120 valence electrons. The van der Waals surface area contributed by atoms with Crippen molar-refractivity contribution in [2.75, 3.05) is 0 Å². The molecule has 0 unspecified atom stereocenters. The Labute approximate surface area is 136 Å². The molecule has 0 aliphatic rings. The van der Waals surface area contributed by atoms with Crippen LogP contribution in [0.15, 0.2) is 54.1 Å². The molecule has 2 aromatic rings. The zero-order valence-electron chi connectivity index (χ0n) is 13.5. The highest BCUT2D eigenvalue weighted by atomic mass is 16.3. The van der Waals surface area contributed by atoms with Gasteiger partial charge in [0.2, 0.25) is 0 Å². The molecule has 3 nitrogen and oxygen atoms in total. The third kappa shape index (κ3) is 4.22. The van der Waals surface area contributed by atoms with Crippen LogP contribution in [0.1, 0.15) is 37.0 Å². The summed E-state index contributed by atoms with van der Waals surface area (Å²) in [5, 5.41) is 20.4. The van der Waals surface area contributed by atoms with E-state index in [2.05, 4.69) is 0 Å². The number of allylic oxidation sites excluding steroid dienone is 2. The second-order valence-corrected chi connectivity index (χ2v) is 5.60. The maximum absolute atomic E-state index is 11.7. The van der Waals surface area contributed by atoms with Gasteiger partial charge in [0.1, 0.15) is 11.5 Å². The van der Waals surface area contributed by atoms with Crippen LogP contribution in [0.25, 0.3) is 0 Å². The Kier molecular flexibility index (Phi) is 5.58. The van der Waals surface area contributed by atoms with Crippen LogP contribution < -0.4 is 0 Å². The smallest absolute Gasteiger partial charge is 0.155 e. The number of ketones is 1. The van der Waals surface area contributed by atoms with E-state index in [1.54, 1.807) is 19.1 Å². The van der Waals surface area contributed by atoms with Crippen LogP contribution in [0.4, 0.5) is 0 Å². The Balaban J connectivity index is 2.30. The van der Waals surface area contributed by atoms with E-state index in [4.69, 9.17) is 0 Å². The monoisotopic (exact) mass is 310 g/mol. The number of benzene rings is 2. The second-order valence-electron chi connectivity index (χ2n) is 5.60. The van der Waals surface area contributed by atoms with Crippen molar-refractivity contribution in [3.05, 3.63) is 70.8 Å². The number of rotatable bonds is 6. The molecule has 0 bridgehead atoms. The van der Waals surface area contributed by atoms with E-state index in [9.17, 15) is 15.0 Å². The molecule has 0 saturated heterocycles. The first-order chi connectivity index (χ1) is 11.0. The zero-order valence-corrected chi connectivity index (χ0v) is 13.5. The lowest BCUT2D eigenvalue weighted by Crippen LogP contribution is -2.02. The van der Waals surface area contributed by atoms with E-state index >= 15 is 0 Å². The van der Waals surface area contributed by atoms with Crippen LogP contribution >= 0.6 is 0 Å². The molecular formula is C20H22O3. The van der Waals surface area contributed by atoms with Crippen molar-refractivity contribution < 1.29 is 15.0 Å². The van der Waals surface area contributed by atoms with Crippen molar-refractivity contribution in [3.8, 4) is 11.5 Å². The van der Waals surface area contributed by atoms with Crippen LogP contribution in [0.5, 0.6) is 11.5 Å². The summed E-state index contributed by atoms with van der Waals surface area (Å²) in [7, 11) is 0. The fourth-order valence-electron chi connectivity index (χ4n) is 2.59. The van der Waals surface area contributed by atoms with E-state index in [0.717, 1.165) is 23.1 Å². The highest BCUT2D eigenvalue weighted by molar-refractivity contribution is 5.93. The lowest BCUT2D eigenvalue weighted by Gasteiger charge is -2.12. The quantitative estimate of drug-likeness (QED) is 0.788. The van der Waals surface area contributed by atoms with Gasteiger partial charge in [-0.2, -0.15) is 0 Å².